The molecule has 1 aromatic carbocycles. The predicted molar refractivity (Wildman–Crippen MR) is 54.7 cm³/mol. The average Bonchev–Trinajstić information content (AvgIpc) is 2.98. The molecule has 1 fully saturated rings. The molecule has 1 atom stereocenters. The molecular formula is C10H11BO3. The van der Waals surface area contributed by atoms with Crippen molar-refractivity contribution in [1.82, 2.24) is 0 Å². The zero-order valence-electron chi connectivity index (χ0n) is 8.24. The molecule has 1 aromatic rings. The molecule has 0 N–H and O–H groups in total. The minimum atomic E-state index is -0.296. The highest BCUT2D eigenvalue weighted by Crippen LogP contribution is 2.29. The SMILES string of the molecule is Bc1cc(C(=O)OC)cc(C2CO2)c1. The van der Waals surface area contributed by atoms with Gasteiger partial charge in [-0.15, -0.1) is 0 Å². The zero-order chi connectivity index (χ0) is 10.1. The number of epoxide rings is 1. The van der Waals surface area contributed by atoms with E-state index in [-0.39, 0.29) is 12.1 Å². The van der Waals surface area contributed by atoms with Crippen LogP contribution in [0.1, 0.15) is 22.0 Å². The molecule has 1 aliphatic rings. The van der Waals surface area contributed by atoms with Gasteiger partial charge in [0.05, 0.1) is 19.3 Å². The van der Waals surface area contributed by atoms with Gasteiger partial charge in [0.1, 0.15) is 14.0 Å². The van der Waals surface area contributed by atoms with E-state index in [0.717, 1.165) is 17.6 Å². The van der Waals surface area contributed by atoms with Gasteiger partial charge in [0.25, 0.3) is 0 Å². The number of esters is 1. The largest absolute Gasteiger partial charge is 0.465 e. The maximum Gasteiger partial charge on any atom is 0.337 e. The third-order valence-electron chi connectivity index (χ3n) is 2.23. The molecule has 1 unspecified atom stereocenters. The van der Waals surface area contributed by atoms with E-state index in [1.165, 1.54) is 7.11 Å². The molecule has 0 aromatic heterocycles. The molecule has 2 rings (SSSR count). The van der Waals surface area contributed by atoms with Gasteiger partial charge in [-0.25, -0.2) is 4.79 Å². The van der Waals surface area contributed by atoms with Crippen molar-refractivity contribution in [1.29, 1.82) is 0 Å². The highest BCUT2D eigenvalue weighted by molar-refractivity contribution is 6.32. The van der Waals surface area contributed by atoms with Crippen molar-refractivity contribution in [3.8, 4) is 0 Å². The second-order valence-electron chi connectivity index (χ2n) is 3.45. The third kappa shape index (κ3) is 1.80. The molecule has 1 aliphatic heterocycles. The first-order valence-electron chi connectivity index (χ1n) is 4.52. The lowest BCUT2D eigenvalue weighted by Gasteiger charge is -2.03. The van der Waals surface area contributed by atoms with Crippen LogP contribution in [0.4, 0.5) is 0 Å². The molecule has 0 aliphatic carbocycles. The van der Waals surface area contributed by atoms with Gasteiger partial charge >= 0.3 is 5.97 Å². The van der Waals surface area contributed by atoms with Gasteiger partial charge in [-0.2, -0.15) is 0 Å². The number of hydrogen-bond acceptors (Lipinski definition) is 3. The van der Waals surface area contributed by atoms with Crippen molar-refractivity contribution in [3.63, 3.8) is 0 Å². The van der Waals surface area contributed by atoms with Gasteiger partial charge < -0.3 is 9.47 Å². The molecule has 3 nitrogen and oxygen atoms in total. The van der Waals surface area contributed by atoms with Crippen LogP contribution in [-0.4, -0.2) is 27.5 Å². The predicted octanol–water partition coefficient (Wildman–Crippen LogP) is -0.197. The summed E-state index contributed by atoms with van der Waals surface area (Å²) in [6.45, 7) is 0.754. The first kappa shape index (κ1) is 9.28. The van der Waals surface area contributed by atoms with E-state index in [1.54, 1.807) is 0 Å². The Morgan fingerprint density at radius 1 is 1.57 bits per heavy atom. The zero-order valence-corrected chi connectivity index (χ0v) is 8.24. The van der Waals surface area contributed by atoms with E-state index in [2.05, 4.69) is 4.74 Å². The first-order chi connectivity index (χ1) is 6.70. The Morgan fingerprint density at radius 2 is 2.29 bits per heavy atom. The van der Waals surface area contributed by atoms with E-state index in [4.69, 9.17) is 4.74 Å². The molecule has 1 heterocycles. The van der Waals surface area contributed by atoms with Crippen LogP contribution >= 0.6 is 0 Å². The van der Waals surface area contributed by atoms with Crippen molar-refractivity contribution in [2.75, 3.05) is 13.7 Å². The molecule has 72 valence electrons. The summed E-state index contributed by atoms with van der Waals surface area (Å²) in [5.41, 5.74) is 2.71. The summed E-state index contributed by atoms with van der Waals surface area (Å²) in [5.74, 6) is -0.296. The number of hydrogen-bond donors (Lipinski definition) is 0. The van der Waals surface area contributed by atoms with Crippen LogP contribution in [0.5, 0.6) is 0 Å². The Hall–Kier alpha value is -1.29. The lowest BCUT2D eigenvalue weighted by molar-refractivity contribution is 0.0600. The molecule has 1 saturated heterocycles. The molecule has 0 bridgehead atoms. The summed E-state index contributed by atoms with van der Waals surface area (Å²) in [6.07, 6.45) is 0.179. The van der Waals surface area contributed by atoms with Crippen LogP contribution < -0.4 is 5.46 Å². The minimum absolute atomic E-state index is 0.179. The third-order valence-corrected chi connectivity index (χ3v) is 2.23. The van der Waals surface area contributed by atoms with Gasteiger partial charge in [0, 0.05) is 0 Å². The average molecular weight is 190 g/mol. The summed E-state index contributed by atoms with van der Waals surface area (Å²) >= 11 is 0. The summed E-state index contributed by atoms with van der Waals surface area (Å²) in [7, 11) is 3.34. The van der Waals surface area contributed by atoms with Gasteiger partial charge in [-0.1, -0.05) is 17.6 Å². The molecule has 14 heavy (non-hydrogen) atoms. The molecule has 0 amide bonds. The fourth-order valence-corrected chi connectivity index (χ4v) is 1.47. The minimum Gasteiger partial charge on any atom is -0.465 e. The number of carbonyl (C=O) groups excluding carboxylic acids is 1. The molecule has 0 spiro atoms. The van der Waals surface area contributed by atoms with Gasteiger partial charge in [-0.05, 0) is 11.6 Å². The van der Waals surface area contributed by atoms with E-state index >= 15 is 0 Å². The fourth-order valence-electron chi connectivity index (χ4n) is 1.47. The van der Waals surface area contributed by atoms with Crippen LogP contribution in [0.3, 0.4) is 0 Å². The van der Waals surface area contributed by atoms with Crippen LogP contribution in [-0.2, 0) is 9.47 Å². The number of benzene rings is 1. The Labute approximate surface area is 83.4 Å². The summed E-state index contributed by atoms with van der Waals surface area (Å²) in [6, 6.07) is 5.68. The van der Waals surface area contributed by atoms with Crippen molar-refractivity contribution < 1.29 is 14.3 Å². The smallest absolute Gasteiger partial charge is 0.337 e. The Balaban J connectivity index is 2.35. The first-order valence-corrected chi connectivity index (χ1v) is 4.52. The molecule has 0 radical (unpaired) electrons. The van der Waals surface area contributed by atoms with Crippen LogP contribution in [0.25, 0.3) is 0 Å². The second-order valence-corrected chi connectivity index (χ2v) is 3.45. The maximum atomic E-state index is 11.3. The molecular weight excluding hydrogens is 179 g/mol. The quantitative estimate of drug-likeness (QED) is 0.368. The highest BCUT2D eigenvalue weighted by atomic mass is 16.6. The van der Waals surface area contributed by atoms with Crippen LogP contribution in [0.15, 0.2) is 18.2 Å². The summed E-state index contributed by atoms with van der Waals surface area (Å²) in [4.78, 5) is 11.3. The van der Waals surface area contributed by atoms with Crippen molar-refractivity contribution >= 4 is 19.3 Å². The van der Waals surface area contributed by atoms with Crippen LogP contribution in [0, 0.1) is 0 Å². The van der Waals surface area contributed by atoms with Gasteiger partial charge in [0.2, 0.25) is 0 Å². The number of rotatable bonds is 2. The number of ether oxygens (including phenoxy) is 2. The normalized spacial score (nSPS) is 19.1. The summed E-state index contributed by atoms with van der Waals surface area (Å²) < 4.78 is 9.83. The maximum absolute atomic E-state index is 11.3. The molecule has 0 saturated carbocycles. The van der Waals surface area contributed by atoms with Gasteiger partial charge in [0.15, 0.2) is 0 Å². The standard InChI is InChI=1S/C10H11BO3/c1-13-10(12)7-2-6(9-5-14-9)3-8(11)4-7/h2-4,9H,5,11H2,1H3. The fraction of sp³-hybridized carbons (Fsp3) is 0.300. The Morgan fingerprint density at radius 3 is 2.86 bits per heavy atom. The monoisotopic (exact) mass is 190 g/mol. The lowest BCUT2D eigenvalue weighted by atomic mass is 9.91. The van der Waals surface area contributed by atoms with E-state index in [1.807, 2.05) is 26.0 Å². The van der Waals surface area contributed by atoms with E-state index in [9.17, 15) is 4.79 Å². The highest BCUT2D eigenvalue weighted by Gasteiger charge is 2.25. The Kier molecular flexibility index (Phi) is 2.29. The Bertz CT molecular complexity index is 372. The van der Waals surface area contributed by atoms with E-state index < -0.39 is 0 Å². The number of methoxy groups -OCH3 is 1. The molecule has 4 heteroatoms. The lowest BCUT2D eigenvalue weighted by Crippen LogP contribution is -2.10. The van der Waals surface area contributed by atoms with E-state index in [0.29, 0.717) is 5.56 Å². The van der Waals surface area contributed by atoms with Crippen molar-refractivity contribution in [3.05, 3.63) is 29.3 Å². The second kappa shape index (κ2) is 3.46. The van der Waals surface area contributed by atoms with Crippen LogP contribution in [0.2, 0.25) is 0 Å². The number of carbonyl (C=O) groups is 1. The van der Waals surface area contributed by atoms with Crippen molar-refractivity contribution in [2.24, 2.45) is 0 Å². The van der Waals surface area contributed by atoms with Gasteiger partial charge in [-0.3, -0.25) is 0 Å². The summed E-state index contributed by atoms with van der Waals surface area (Å²) in [5, 5.41) is 0. The van der Waals surface area contributed by atoms with Crippen molar-refractivity contribution in [2.45, 2.75) is 6.10 Å². The topological polar surface area (TPSA) is 38.8 Å².